The van der Waals surface area contributed by atoms with Gasteiger partial charge in [-0.05, 0) is 42.7 Å². The Labute approximate surface area is 190 Å². The van der Waals surface area contributed by atoms with Gasteiger partial charge in [0.15, 0.2) is 11.5 Å². The number of rotatable bonds is 6. The zero-order valence-corrected chi connectivity index (χ0v) is 17.5. The van der Waals surface area contributed by atoms with Crippen LogP contribution in [0, 0.1) is 5.82 Å². The molecule has 0 radical (unpaired) electrons. The predicted octanol–water partition coefficient (Wildman–Crippen LogP) is 4.97. The van der Waals surface area contributed by atoms with E-state index < -0.39 is 23.5 Å². The molecule has 2 heterocycles. The summed E-state index contributed by atoms with van der Waals surface area (Å²) in [5, 5.41) is 10.8. The lowest BCUT2D eigenvalue weighted by Crippen LogP contribution is -2.16. The number of benzene rings is 2. The Balaban J connectivity index is 1.49. The highest BCUT2D eigenvalue weighted by Crippen LogP contribution is 2.34. The van der Waals surface area contributed by atoms with Crippen LogP contribution in [0.25, 0.3) is 16.8 Å². The topological polar surface area (TPSA) is 97.3 Å². The molecule has 0 spiro atoms. The maximum absolute atomic E-state index is 14.5. The molecule has 1 aliphatic carbocycles. The minimum atomic E-state index is -4.63. The summed E-state index contributed by atoms with van der Waals surface area (Å²) in [6.45, 7) is 0. The summed E-state index contributed by atoms with van der Waals surface area (Å²) in [7, 11) is 0. The number of nitrogens with two attached hydrogens (primary N) is 1. The molecular weight excluding hydrogens is 452 g/mol. The first-order valence-electron chi connectivity index (χ1n) is 10.4. The number of imidazole rings is 1. The summed E-state index contributed by atoms with van der Waals surface area (Å²) in [6, 6.07) is 11.0. The van der Waals surface area contributed by atoms with Gasteiger partial charge in [0, 0.05) is 23.4 Å². The molecule has 5 rings (SSSR count). The van der Waals surface area contributed by atoms with Crippen molar-refractivity contribution in [2.75, 3.05) is 10.6 Å². The Morgan fingerprint density at radius 1 is 1.12 bits per heavy atom. The largest absolute Gasteiger partial charge is 0.416 e. The third-order valence-electron chi connectivity index (χ3n) is 5.40. The summed E-state index contributed by atoms with van der Waals surface area (Å²) in [6.07, 6.45) is -1.25. The zero-order valence-electron chi connectivity index (χ0n) is 17.5. The molecular formula is C23H18F4N6O. The highest BCUT2D eigenvalue weighted by atomic mass is 19.4. The second kappa shape index (κ2) is 8.01. The molecule has 0 unspecified atom stereocenters. The SMILES string of the molecule is NC(=O)c1cnc2c(NC3CC3)cc(Nc3cccc(-c4ccc(C(F)(F)F)cc4F)c3)nn12. The van der Waals surface area contributed by atoms with Gasteiger partial charge in [0.05, 0.1) is 17.4 Å². The molecule has 1 fully saturated rings. The molecule has 0 aliphatic heterocycles. The number of halogens is 4. The highest BCUT2D eigenvalue weighted by molar-refractivity contribution is 5.92. The van der Waals surface area contributed by atoms with E-state index >= 15 is 0 Å². The van der Waals surface area contributed by atoms with Gasteiger partial charge in [-0.2, -0.15) is 13.2 Å². The van der Waals surface area contributed by atoms with E-state index in [4.69, 9.17) is 5.73 Å². The average Bonchev–Trinajstić information content (AvgIpc) is 3.48. The van der Waals surface area contributed by atoms with E-state index in [0.717, 1.165) is 25.0 Å². The lowest BCUT2D eigenvalue weighted by atomic mass is 10.0. The molecule has 0 bridgehead atoms. The van der Waals surface area contributed by atoms with E-state index in [1.807, 2.05) is 0 Å². The standard InChI is InChI=1S/C23H18F4N6O/c24-17-9-13(23(25,26)27)4-7-16(17)12-2-1-3-15(8-12)31-20-10-18(30-14-5-6-14)22-29-11-19(21(28)34)33(22)32-20/h1-4,7-11,14,30H,5-6H2,(H2,28,34)(H,31,32). The lowest BCUT2D eigenvalue weighted by molar-refractivity contribution is -0.137. The smallest absolute Gasteiger partial charge is 0.379 e. The molecule has 34 heavy (non-hydrogen) atoms. The minimum Gasteiger partial charge on any atom is -0.379 e. The van der Waals surface area contributed by atoms with Crippen LogP contribution in [0.4, 0.5) is 34.8 Å². The summed E-state index contributed by atoms with van der Waals surface area (Å²) in [4.78, 5) is 16.0. The Bertz CT molecular complexity index is 1410. The molecule has 0 atom stereocenters. The molecule has 7 nitrogen and oxygen atoms in total. The fourth-order valence-electron chi connectivity index (χ4n) is 3.59. The molecule has 4 aromatic rings. The fraction of sp³-hybridized carbons (Fsp3) is 0.174. The van der Waals surface area contributed by atoms with Gasteiger partial charge in [0.1, 0.15) is 11.5 Å². The average molecular weight is 470 g/mol. The number of carbonyl (C=O) groups is 1. The molecule has 1 saturated carbocycles. The Morgan fingerprint density at radius 3 is 2.59 bits per heavy atom. The molecule has 2 aromatic heterocycles. The normalized spacial score (nSPS) is 13.8. The van der Waals surface area contributed by atoms with E-state index in [2.05, 4.69) is 20.7 Å². The highest BCUT2D eigenvalue weighted by Gasteiger charge is 2.31. The van der Waals surface area contributed by atoms with Crippen LogP contribution in [0.2, 0.25) is 0 Å². The van der Waals surface area contributed by atoms with Crippen LogP contribution in [0.15, 0.2) is 54.7 Å². The number of alkyl halides is 3. The predicted molar refractivity (Wildman–Crippen MR) is 118 cm³/mol. The molecule has 174 valence electrons. The number of amides is 1. The zero-order chi connectivity index (χ0) is 24.0. The summed E-state index contributed by atoms with van der Waals surface area (Å²) in [5.74, 6) is -1.30. The number of hydrogen-bond acceptors (Lipinski definition) is 5. The van der Waals surface area contributed by atoms with Gasteiger partial charge in [-0.25, -0.2) is 13.9 Å². The quantitative estimate of drug-likeness (QED) is 0.346. The number of fused-ring (bicyclic) bond motifs is 1. The number of aromatic nitrogens is 3. The summed E-state index contributed by atoms with van der Waals surface area (Å²) in [5.41, 5.74) is 6.54. The van der Waals surface area contributed by atoms with Crippen LogP contribution in [0.3, 0.4) is 0 Å². The molecule has 4 N–H and O–H groups in total. The van der Waals surface area contributed by atoms with Crippen LogP contribution in [0.5, 0.6) is 0 Å². The van der Waals surface area contributed by atoms with Crippen LogP contribution >= 0.6 is 0 Å². The second-order valence-corrected chi connectivity index (χ2v) is 8.00. The molecule has 1 aliphatic rings. The van der Waals surface area contributed by atoms with Crippen molar-refractivity contribution in [2.45, 2.75) is 25.1 Å². The van der Waals surface area contributed by atoms with E-state index in [0.29, 0.717) is 40.5 Å². The van der Waals surface area contributed by atoms with Crippen molar-refractivity contribution in [3.8, 4) is 11.1 Å². The Morgan fingerprint density at radius 2 is 1.91 bits per heavy atom. The molecule has 0 saturated heterocycles. The summed E-state index contributed by atoms with van der Waals surface area (Å²) < 4.78 is 54.4. The fourth-order valence-corrected chi connectivity index (χ4v) is 3.59. The maximum atomic E-state index is 14.5. The second-order valence-electron chi connectivity index (χ2n) is 8.00. The van der Waals surface area contributed by atoms with Crippen molar-refractivity contribution >= 4 is 28.7 Å². The van der Waals surface area contributed by atoms with Crippen molar-refractivity contribution < 1.29 is 22.4 Å². The van der Waals surface area contributed by atoms with Gasteiger partial charge in [0.25, 0.3) is 5.91 Å². The first-order chi connectivity index (χ1) is 16.2. The number of carbonyl (C=O) groups excluding carboxylic acids is 1. The van der Waals surface area contributed by atoms with Crippen LogP contribution < -0.4 is 16.4 Å². The minimum absolute atomic E-state index is 0.0294. The van der Waals surface area contributed by atoms with Gasteiger partial charge in [-0.3, -0.25) is 4.79 Å². The molecule has 11 heteroatoms. The number of primary amides is 1. The number of nitrogens with zero attached hydrogens (tertiary/aromatic N) is 3. The molecule has 2 aromatic carbocycles. The Kier molecular flexibility index (Phi) is 5.11. The van der Waals surface area contributed by atoms with Crippen molar-refractivity contribution in [2.24, 2.45) is 5.73 Å². The van der Waals surface area contributed by atoms with Gasteiger partial charge in [-0.15, -0.1) is 5.10 Å². The van der Waals surface area contributed by atoms with Gasteiger partial charge >= 0.3 is 6.18 Å². The van der Waals surface area contributed by atoms with E-state index in [1.165, 1.54) is 10.7 Å². The Hall–Kier alpha value is -4.15. The summed E-state index contributed by atoms with van der Waals surface area (Å²) >= 11 is 0. The van der Waals surface area contributed by atoms with E-state index in [-0.39, 0.29) is 11.3 Å². The lowest BCUT2D eigenvalue weighted by Gasteiger charge is -2.13. The number of nitrogens with one attached hydrogen (secondary N) is 2. The monoisotopic (exact) mass is 470 g/mol. The molecule has 1 amide bonds. The number of anilines is 3. The third kappa shape index (κ3) is 4.24. The maximum Gasteiger partial charge on any atom is 0.416 e. The third-order valence-corrected chi connectivity index (χ3v) is 5.40. The van der Waals surface area contributed by atoms with E-state index in [1.54, 1.807) is 30.3 Å². The number of hydrogen-bond donors (Lipinski definition) is 3. The van der Waals surface area contributed by atoms with Crippen LogP contribution in [-0.2, 0) is 6.18 Å². The van der Waals surface area contributed by atoms with Gasteiger partial charge in [0.2, 0.25) is 0 Å². The first-order valence-corrected chi connectivity index (χ1v) is 10.4. The van der Waals surface area contributed by atoms with E-state index in [9.17, 15) is 22.4 Å². The van der Waals surface area contributed by atoms with Crippen molar-refractivity contribution in [3.05, 3.63) is 71.8 Å². The van der Waals surface area contributed by atoms with Crippen LogP contribution in [0.1, 0.15) is 28.9 Å². The van der Waals surface area contributed by atoms with Crippen molar-refractivity contribution in [1.82, 2.24) is 14.6 Å². The van der Waals surface area contributed by atoms with Crippen LogP contribution in [-0.4, -0.2) is 26.5 Å². The van der Waals surface area contributed by atoms with Crippen molar-refractivity contribution in [1.29, 1.82) is 0 Å². The van der Waals surface area contributed by atoms with Crippen molar-refractivity contribution in [3.63, 3.8) is 0 Å². The van der Waals surface area contributed by atoms with Gasteiger partial charge < -0.3 is 16.4 Å². The first kappa shape index (κ1) is 21.7. The van der Waals surface area contributed by atoms with Gasteiger partial charge in [-0.1, -0.05) is 18.2 Å².